The van der Waals surface area contributed by atoms with E-state index in [9.17, 15) is 4.79 Å². The first-order valence-corrected chi connectivity index (χ1v) is 14.5. The van der Waals surface area contributed by atoms with E-state index in [0.717, 1.165) is 51.1 Å². The molecule has 0 radical (unpaired) electrons. The molecule has 0 aliphatic carbocycles. The smallest absolute Gasteiger partial charge is 0.339 e. The monoisotopic (exact) mass is 588 g/mol. The number of rotatable bonds is 7. The van der Waals surface area contributed by atoms with Crippen LogP contribution in [0.25, 0.3) is 5.69 Å². The first-order valence-electron chi connectivity index (χ1n) is 14.1. The van der Waals surface area contributed by atoms with Gasteiger partial charge in [-0.15, -0.1) is 0 Å². The summed E-state index contributed by atoms with van der Waals surface area (Å²) < 4.78 is 13.4. The number of aromatic nitrogens is 2. The molecule has 2 atom stereocenters. The van der Waals surface area contributed by atoms with Gasteiger partial charge in [-0.1, -0.05) is 36.4 Å². The molecule has 2 aromatic heterocycles. The first-order chi connectivity index (χ1) is 20.9. The maximum atomic E-state index is 12.7. The van der Waals surface area contributed by atoms with Gasteiger partial charge in [0.25, 0.3) is 0 Å². The highest BCUT2D eigenvalue weighted by atomic mass is 32.1. The summed E-state index contributed by atoms with van der Waals surface area (Å²) >= 11 is 5.97. The number of anilines is 1. The number of benzene rings is 3. The molecule has 6 rings (SSSR count). The van der Waals surface area contributed by atoms with E-state index in [-0.39, 0.29) is 18.1 Å². The standard InChI is InChI=1S/C35H32N4O3S/c1-22-11-5-8-15-31(22)42-26-18-16-25(17-19-26)39-33(32(37-35(39)43)29-13-9-10-20-36-29)28-21-23(2)38(24(28)3)30-14-7-6-12-27(30)34(40)41-4/h5-21,32-33H,1-4H3,(H,37,43). The number of carbonyl (C=O) groups excluding carboxylic acids is 1. The van der Waals surface area contributed by atoms with E-state index in [0.29, 0.717) is 10.7 Å². The maximum Gasteiger partial charge on any atom is 0.339 e. The zero-order chi connectivity index (χ0) is 30.1. The zero-order valence-electron chi connectivity index (χ0n) is 24.4. The minimum absolute atomic E-state index is 0.207. The molecule has 5 aromatic rings. The third kappa shape index (κ3) is 5.26. The molecule has 216 valence electrons. The van der Waals surface area contributed by atoms with Crippen LogP contribution in [0.3, 0.4) is 0 Å². The molecule has 0 amide bonds. The Morgan fingerprint density at radius 1 is 0.907 bits per heavy atom. The Kier molecular flexibility index (Phi) is 7.69. The summed E-state index contributed by atoms with van der Waals surface area (Å²) in [7, 11) is 1.40. The number of methoxy groups -OCH3 is 1. The van der Waals surface area contributed by atoms with E-state index in [1.807, 2.05) is 98.8 Å². The molecule has 1 aliphatic rings. The summed E-state index contributed by atoms with van der Waals surface area (Å²) in [6, 6.07) is 31.1. The number of carbonyl (C=O) groups is 1. The Labute approximate surface area is 256 Å². The van der Waals surface area contributed by atoms with Crippen LogP contribution in [-0.4, -0.2) is 27.7 Å². The number of thiocarbonyl (C=S) groups is 1. The summed E-state index contributed by atoms with van der Waals surface area (Å²) in [4.78, 5) is 19.5. The quantitative estimate of drug-likeness (QED) is 0.155. The van der Waals surface area contributed by atoms with Crippen LogP contribution in [0.2, 0.25) is 0 Å². The SMILES string of the molecule is COC(=O)c1ccccc1-n1c(C)cc(C2C(c3ccccn3)NC(=S)N2c2ccc(Oc3ccccc3C)cc2)c1C. The van der Waals surface area contributed by atoms with Crippen molar-refractivity contribution in [3.63, 3.8) is 0 Å². The summed E-state index contributed by atoms with van der Waals surface area (Å²) in [5, 5.41) is 4.15. The predicted octanol–water partition coefficient (Wildman–Crippen LogP) is 7.55. The highest BCUT2D eigenvalue weighted by Gasteiger charge is 2.42. The van der Waals surface area contributed by atoms with E-state index in [1.54, 1.807) is 12.3 Å². The third-order valence-corrected chi connectivity index (χ3v) is 8.19. The van der Waals surface area contributed by atoms with Gasteiger partial charge in [0.1, 0.15) is 11.5 Å². The summed E-state index contributed by atoms with van der Waals surface area (Å²) in [6.07, 6.45) is 1.80. The molecule has 3 aromatic carbocycles. The topological polar surface area (TPSA) is 68.6 Å². The molecule has 1 aliphatic heterocycles. The van der Waals surface area contributed by atoms with Crippen LogP contribution < -0.4 is 15.0 Å². The van der Waals surface area contributed by atoms with Gasteiger partial charge in [0.05, 0.1) is 36.1 Å². The lowest BCUT2D eigenvalue weighted by molar-refractivity contribution is 0.0600. The van der Waals surface area contributed by atoms with Crippen LogP contribution in [0.5, 0.6) is 11.5 Å². The second kappa shape index (κ2) is 11.7. The van der Waals surface area contributed by atoms with Crippen LogP contribution in [0.1, 0.15) is 50.7 Å². The molecule has 3 heterocycles. The van der Waals surface area contributed by atoms with Crippen molar-refractivity contribution in [1.82, 2.24) is 14.9 Å². The fourth-order valence-electron chi connectivity index (χ4n) is 5.83. The number of hydrogen-bond donors (Lipinski definition) is 1. The molecular formula is C35H32N4O3S. The van der Waals surface area contributed by atoms with Crippen molar-refractivity contribution in [2.75, 3.05) is 12.0 Å². The lowest BCUT2D eigenvalue weighted by Gasteiger charge is -2.28. The molecule has 8 heteroatoms. The Balaban J connectivity index is 1.44. The second-order valence-electron chi connectivity index (χ2n) is 10.5. The molecule has 1 N–H and O–H groups in total. The molecule has 0 spiro atoms. The van der Waals surface area contributed by atoms with Gasteiger partial charge in [-0.05, 0) is 105 Å². The van der Waals surface area contributed by atoms with Crippen molar-refractivity contribution < 1.29 is 14.3 Å². The fourth-order valence-corrected chi connectivity index (χ4v) is 6.18. The fraction of sp³-hybridized carbons (Fsp3) is 0.171. The number of ether oxygens (including phenoxy) is 2. The molecule has 1 fully saturated rings. The normalized spacial score (nSPS) is 16.2. The van der Waals surface area contributed by atoms with E-state index in [4.69, 9.17) is 26.7 Å². The number of aryl methyl sites for hydroxylation is 2. The second-order valence-corrected chi connectivity index (χ2v) is 10.9. The third-order valence-electron chi connectivity index (χ3n) is 7.87. The van der Waals surface area contributed by atoms with Gasteiger partial charge in [-0.2, -0.15) is 0 Å². The van der Waals surface area contributed by atoms with Gasteiger partial charge in [0, 0.05) is 23.3 Å². The number of esters is 1. The van der Waals surface area contributed by atoms with Gasteiger partial charge in [-0.3, -0.25) is 4.98 Å². The van der Waals surface area contributed by atoms with E-state index >= 15 is 0 Å². The van der Waals surface area contributed by atoms with Crippen LogP contribution in [0, 0.1) is 20.8 Å². The van der Waals surface area contributed by atoms with Crippen molar-refractivity contribution in [2.45, 2.75) is 32.9 Å². The minimum Gasteiger partial charge on any atom is -0.465 e. The number of para-hydroxylation sites is 2. The molecule has 0 saturated carbocycles. The molecule has 1 saturated heterocycles. The van der Waals surface area contributed by atoms with Gasteiger partial charge in [0.2, 0.25) is 0 Å². The average molecular weight is 589 g/mol. The van der Waals surface area contributed by atoms with Gasteiger partial charge in [-0.25, -0.2) is 4.79 Å². The van der Waals surface area contributed by atoms with E-state index < -0.39 is 0 Å². The molecule has 0 bridgehead atoms. The average Bonchev–Trinajstić information content (AvgIpc) is 3.53. The van der Waals surface area contributed by atoms with Crippen LogP contribution in [0.15, 0.2) is 103 Å². The van der Waals surface area contributed by atoms with E-state index in [2.05, 4.69) is 27.8 Å². The highest BCUT2D eigenvalue weighted by Crippen LogP contribution is 2.44. The maximum absolute atomic E-state index is 12.7. The summed E-state index contributed by atoms with van der Waals surface area (Å²) in [5.41, 5.74) is 7.21. The van der Waals surface area contributed by atoms with Crippen molar-refractivity contribution in [2.24, 2.45) is 0 Å². The molecular weight excluding hydrogens is 556 g/mol. The number of nitrogens with zero attached hydrogens (tertiary/aromatic N) is 3. The van der Waals surface area contributed by atoms with Crippen LogP contribution in [-0.2, 0) is 4.74 Å². The Bertz CT molecular complexity index is 1800. The van der Waals surface area contributed by atoms with Crippen molar-refractivity contribution >= 4 is 29.0 Å². The highest BCUT2D eigenvalue weighted by molar-refractivity contribution is 7.80. The largest absolute Gasteiger partial charge is 0.465 e. The minimum atomic E-state index is -0.380. The van der Waals surface area contributed by atoms with Gasteiger partial charge < -0.3 is 24.3 Å². The first kappa shape index (κ1) is 28.2. The van der Waals surface area contributed by atoms with Gasteiger partial charge >= 0.3 is 5.97 Å². The number of nitrogens with one attached hydrogen (secondary N) is 1. The lowest BCUT2D eigenvalue weighted by atomic mass is 9.96. The molecule has 7 nitrogen and oxygen atoms in total. The molecule has 43 heavy (non-hydrogen) atoms. The zero-order valence-corrected chi connectivity index (χ0v) is 25.3. The van der Waals surface area contributed by atoms with Crippen molar-refractivity contribution in [1.29, 1.82) is 0 Å². The van der Waals surface area contributed by atoms with E-state index in [1.165, 1.54) is 7.11 Å². The lowest BCUT2D eigenvalue weighted by Crippen LogP contribution is -2.29. The van der Waals surface area contributed by atoms with Crippen LogP contribution >= 0.6 is 12.2 Å². The summed E-state index contributed by atoms with van der Waals surface area (Å²) in [6.45, 7) is 6.15. The predicted molar refractivity (Wildman–Crippen MR) is 172 cm³/mol. The summed E-state index contributed by atoms with van der Waals surface area (Å²) in [5.74, 6) is 1.18. The number of hydrogen-bond acceptors (Lipinski definition) is 5. The Morgan fingerprint density at radius 2 is 1.63 bits per heavy atom. The Morgan fingerprint density at radius 3 is 2.35 bits per heavy atom. The van der Waals surface area contributed by atoms with Crippen molar-refractivity contribution in [3.8, 4) is 17.2 Å². The van der Waals surface area contributed by atoms with Gasteiger partial charge in [0.15, 0.2) is 5.11 Å². The Hall–Kier alpha value is -4.95. The van der Waals surface area contributed by atoms with Crippen LogP contribution in [0.4, 0.5) is 5.69 Å². The molecule has 2 unspecified atom stereocenters. The number of pyridine rings is 1. The van der Waals surface area contributed by atoms with Crippen molar-refractivity contribution in [3.05, 3.63) is 137 Å².